The molecule has 0 amide bonds. The summed E-state index contributed by atoms with van der Waals surface area (Å²) in [7, 11) is -3.62. The third kappa shape index (κ3) is 6.08. The van der Waals surface area contributed by atoms with Crippen LogP contribution in [0.3, 0.4) is 0 Å². The second-order valence-electron chi connectivity index (χ2n) is 7.71. The van der Waals surface area contributed by atoms with Crippen LogP contribution in [0.15, 0.2) is 30.3 Å². The van der Waals surface area contributed by atoms with Crippen LogP contribution in [0.1, 0.15) is 43.9 Å². The molecule has 1 fully saturated rings. The highest BCUT2D eigenvalue weighted by molar-refractivity contribution is 7.91. The molecule has 1 aromatic heterocycles. The number of aromatic nitrogens is 2. The quantitative estimate of drug-likeness (QED) is 0.651. The van der Waals surface area contributed by atoms with Crippen LogP contribution in [-0.2, 0) is 19.6 Å². The van der Waals surface area contributed by atoms with E-state index in [1.54, 1.807) is 12.2 Å². The van der Waals surface area contributed by atoms with E-state index in [9.17, 15) is 22.7 Å². The molecule has 2 N–H and O–H groups in total. The molecule has 2 aromatic rings. The predicted molar refractivity (Wildman–Crippen MR) is 114 cm³/mol. The largest absolute Gasteiger partial charge is 0.458 e. The first-order chi connectivity index (χ1) is 14.5. The summed E-state index contributed by atoms with van der Waals surface area (Å²) < 4.78 is 44.5. The molecule has 166 valence electrons. The molecular weight excluding hydrogens is 425 g/mol. The van der Waals surface area contributed by atoms with Gasteiger partial charge in [-0.15, -0.1) is 0 Å². The first-order valence-electron chi connectivity index (χ1n) is 9.73. The van der Waals surface area contributed by atoms with Gasteiger partial charge in [0.25, 0.3) is 0 Å². The lowest BCUT2D eigenvalue weighted by molar-refractivity contribution is -0.156. The number of aliphatic hydroxyl groups is 1. The highest BCUT2D eigenvalue weighted by Gasteiger charge is 2.26. The van der Waals surface area contributed by atoms with Crippen LogP contribution in [0.4, 0.5) is 10.3 Å². The first kappa shape index (κ1) is 22.8. The van der Waals surface area contributed by atoms with Crippen molar-refractivity contribution in [2.24, 2.45) is 0 Å². The Hall–Kier alpha value is -2.85. The molecule has 3 rings (SSSR count). The fraction of sp³-hybridized carbons (Fsp3) is 0.381. The maximum Gasteiger partial charge on any atom is 0.309 e. The van der Waals surface area contributed by atoms with Gasteiger partial charge in [-0.05, 0) is 36.3 Å². The van der Waals surface area contributed by atoms with Gasteiger partial charge in [0.1, 0.15) is 11.9 Å². The zero-order valence-corrected chi connectivity index (χ0v) is 18.2. The molecular formula is C21H24FN3O5S. The highest BCUT2D eigenvalue weighted by Crippen LogP contribution is 2.31. The van der Waals surface area contributed by atoms with Crippen LogP contribution in [0.25, 0.3) is 17.3 Å². The average molecular weight is 450 g/mol. The molecule has 0 saturated carbocycles. The van der Waals surface area contributed by atoms with Crippen molar-refractivity contribution >= 4 is 28.0 Å². The molecule has 1 aliphatic heterocycles. The van der Waals surface area contributed by atoms with Gasteiger partial charge in [0.2, 0.25) is 16.0 Å². The smallest absolute Gasteiger partial charge is 0.309 e. The molecule has 1 unspecified atom stereocenters. The monoisotopic (exact) mass is 449 g/mol. The van der Waals surface area contributed by atoms with Crippen LogP contribution in [0.2, 0.25) is 0 Å². The number of cyclic esters (lactones) is 1. The van der Waals surface area contributed by atoms with Crippen molar-refractivity contribution in [3.63, 3.8) is 0 Å². The Morgan fingerprint density at radius 3 is 2.52 bits per heavy atom. The lowest BCUT2D eigenvalue weighted by Gasteiger charge is -2.23. The minimum Gasteiger partial charge on any atom is -0.458 e. The molecule has 10 heteroatoms. The highest BCUT2D eigenvalue weighted by atomic mass is 32.2. The summed E-state index contributed by atoms with van der Waals surface area (Å²) in [6.45, 7) is 3.78. The Morgan fingerprint density at radius 2 is 1.94 bits per heavy atom. The van der Waals surface area contributed by atoms with Gasteiger partial charge in [0, 0.05) is 17.5 Å². The van der Waals surface area contributed by atoms with E-state index >= 15 is 0 Å². The number of halogens is 1. The van der Waals surface area contributed by atoms with E-state index in [2.05, 4.69) is 14.7 Å². The minimum atomic E-state index is -3.62. The maximum absolute atomic E-state index is 13.5. The topological polar surface area (TPSA) is 118 Å². The van der Waals surface area contributed by atoms with Crippen molar-refractivity contribution in [1.82, 2.24) is 9.97 Å². The van der Waals surface area contributed by atoms with Crippen molar-refractivity contribution in [1.29, 1.82) is 0 Å². The van der Waals surface area contributed by atoms with Crippen LogP contribution in [0, 0.1) is 5.82 Å². The first-order valence-corrected chi connectivity index (χ1v) is 11.6. The Bertz CT molecular complexity index is 1100. The van der Waals surface area contributed by atoms with Gasteiger partial charge in [-0.25, -0.2) is 22.8 Å². The van der Waals surface area contributed by atoms with E-state index in [-0.39, 0.29) is 24.7 Å². The summed E-state index contributed by atoms with van der Waals surface area (Å²) in [5.74, 6) is -1.11. The number of hydrogen-bond donors (Lipinski definition) is 2. The lowest BCUT2D eigenvalue weighted by Crippen LogP contribution is -2.31. The number of carbonyl (C=O) groups is 1. The SMILES string of the molecule is CC(C)c1nc(NS(C)(=O)=O)nc(-c2ccc(F)cc2)c1/C=C/C1C[C@@H](O)CC(=O)O1. The summed E-state index contributed by atoms with van der Waals surface area (Å²) >= 11 is 0. The van der Waals surface area contributed by atoms with Crippen molar-refractivity contribution in [2.75, 3.05) is 11.0 Å². The molecule has 2 atom stereocenters. The minimum absolute atomic E-state index is 0.0443. The molecule has 0 aliphatic carbocycles. The third-order valence-electron chi connectivity index (χ3n) is 4.58. The summed E-state index contributed by atoms with van der Waals surface area (Å²) in [4.78, 5) is 20.4. The molecule has 31 heavy (non-hydrogen) atoms. The van der Waals surface area contributed by atoms with Crippen molar-refractivity contribution in [2.45, 2.75) is 44.8 Å². The van der Waals surface area contributed by atoms with Gasteiger partial charge in [-0.3, -0.25) is 9.52 Å². The molecule has 0 bridgehead atoms. The number of nitrogens with one attached hydrogen (secondary N) is 1. The summed E-state index contributed by atoms with van der Waals surface area (Å²) in [5.41, 5.74) is 2.09. The van der Waals surface area contributed by atoms with Gasteiger partial charge < -0.3 is 9.84 Å². The van der Waals surface area contributed by atoms with Gasteiger partial charge in [-0.1, -0.05) is 19.9 Å². The Balaban J connectivity index is 2.13. The molecule has 1 aliphatic rings. The maximum atomic E-state index is 13.5. The number of ether oxygens (including phenoxy) is 1. The third-order valence-corrected chi connectivity index (χ3v) is 5.14. The van der Waals surface area contributed by atoms with E-state index in [4.69, 9.17) is 4.74 Å². The molecule has 0 spiro atoms. The van der Waals surface area contributed by atoms with E-state index in [0.717, 1.165) is 6.26 Å². The zero-order chi connectivity index (χ0) is 22.8. The number of benzene rings is 1. The molecule has 1 saturated heterocycles. The van der Waals surface area contributed by atoms with Crippen LogP contribution < -0.4 is 4.72 Å². The number of carbonyl (C=O) groups excluding carboxylic acids is 1. The Kier molecular flexibility index (Phi) is 6.71. The van der Waals surface area contributed by atoms with E-state index in [1.165, 1.54) is 24.3 Å². The van der Waals surface area contributed by atoms with Gasteiger partial charge in [-0.2, -0.15) is 0 Å². The van der Waals surface area contributed by atoms with E-state index in [1.807, 2.05) is 13.8 Å². The number of esters is 1. The fourth-order valence-corrected chi connectivity index (χ4v) is 3.68. The van der Waals surface area contributed by atoms with Gasteiger partial charge in [0.05, 0.1) is 30.2 Å². The standard InChI is InChI=1S/C21H24FN3O5S/c1-12(2)19-17(9-8-16-10-15(26)11-18(27)30-16)20(13-4-6-14(22)7-5-13)24-21(23-19)25-31(3,28)29/h4-9,12,15-16,26H,10-11H2,1-3H3,(H,23,24,25)/b9-8+/t15-,16?/m1/s1. The summed E-state index contributed by atoms with van der Waals surface area (Å²) in [5, 5.41) is 9.83. The number of rotatable bonds is 6. The summed E-state index contributed by atoms with van der Waals surface area (Å²) in [6, 6.07) is 5.63. The molecule has 2 heterocycles. The lowest BCUT2D eigenvalue weighted by atomic mass is 9.97. The van der Waals surface area contributed by atoms with Gasteiger partial charge in [0.15, 0.2) is 0 Å². The van der Waals surface area contributed by atoms with Crippen LogP contribution in [-0.4, -0.2) is 47.9 Å². The number of nitrogens with zero attached hydrogens (tertiary/aromatic N) is 2. The van der Waals surface area contributed by atoms with Crippen LogP contribution >= 0.6 is 0 Å². The Labute approximate surface area is 180 Å². The molecule has 8 nitrogen and oxygen atoms in total. The second-order valence-corrected chi connectivity index (χ2v) is 9.46. The Morgan fingerprint density at radius 1 is 1.26 bits per heavy atom. The molecule has 1 aromatic carbocycles. The number of sulfonamides is 1. The second kappa shape index (κ2) is 9.11. The molecule has 0 radical (unpaired) electrons. The number of hydrogen-bond acceptors (Lipinski definition) is 7. The number of anilines is 1. The van der Waals surface area contributed by atoms with E-state index in [0.29, 0.717) is 22.5 Å². The summed E-state index contributed by atoms with van der Waals surface area (Å²) in [6.07, 6.45) is 3.15. The normalized spacial score (nSPS) is 19.6. The van der Waals surface area contributed by atoms with Crippen molar-refractivity contribution in [3.8, 4) is 11.3 Å². The van der Waals surface area contributed by atoms with Crippen molar-refractivity contribution in [3.05, 3.63) is 47.4 Å². The van der Waals surface area contributed by atoms with Crippen LogP contribution in [0.5, 0.6) is 0 Å². The average Bonchev–Trinajstić information content (AvgIpc) is 2.65. The van der Waals surface area contributed by atoms with Crippen molar-refractivity contribution < 1.29 is 27.4 Å². The van der Waals surface area contributed by atoms with E-state index < -0.39 is 34.0 Å². The zero-order valence-electron chi connectivity index (χ0n) is 17.4. The van der Waals surface area contributed by atoms with Gasteiger partial charge >= 0.3 is 5.97 Å². The predicted octanol–water partition coefficient (Wildman–Crippen LogP) is 2.86. The number of aliphatic hydroxyl groups excluding tert-OH is 1. The fourth-order valence-electron chi connectivity index (χ4n) is 3.26.